The zero-order valence-electron chi connectivity index (χ0n) is 17.1. The molecule has 0 aliphatic heterocycles. The fourth-order valence-corrected chi connectivity index (χ4v) is 3.08. The van der Waals surface area contributed by atoms with E-state index < -0.39 is 0 Å². The predicted octanol–water partition coefficient (Wildman–Crippen LogP) is 1.02. The summed E-state index contributed by atoms with van der Waals surface area (Å²) < 4.78 is 5.38. The quantitative estimate of drug-likeness (QED) is 0.664. The van der Waals surface area contributed by atoms with Gasteiger partial charge in [0, 0.05) is 24.7 Å². The van der Waals surface area contributed by atoms with Crippen molar-refractivity contribution in [2.45, 2.75) is 13.0 Å². The summed E-state index contributed by atoms with van der Waals surface area (Å²) in [5.41, 5.74) is 2.30. The number of para-hydroxylation sites is 2. The van der Waals surface area contributed by atoms with E-state index in [2.05, 4.69) is 11.4 Å². The van der Waals surface area contributed by atoms with Crippen LogP contribution in [0.2, 0.25) is 0 Å². The van der Waals surface area contributed by atoms with E-state index in [1.54, 1.807) is 37.3 Å². The van der Waals surface area contributed by atoms with Crippen LogP contribution in [0.25, 0.3) is 0 Å². The first-order valence-electron chi connectivity index (χ1n) is 9.42. The summed E-state index contributed by atoms with van der Waals surface area (Å²) in [6, 6.07) is 16.7. The van der Waals surface area contributed by atoms with Crippen LogP contribution >= 0.6 is 0 Å². The summed E-state index contributed by atoms with van der Waals surface area (Å²) in [5, 5.41) is 11.6. The lowest BCUT2D eigenvalue weighted by Gasteiger charge is -2.25. The highest BCUT2D eigenvalue weighted by atomic mass is 16.5. The number of rotatable bonds is 9. The van der Waals surface area contributed by atoms with Gasteiger partial charge in [-0.3, -0.25) is 9.59 Å². The average Bonchev–Trinajstić information content (AvgIpc) is 2.74. The van der Waals surface area contributed by atoms with E-state index in [0.717, 1.165) is 10.5 Å². The molecule has 152 valence electrons. The second kappa shape index (κ2) is 10.8. The van der Waals surface area contributed by atoms with Gasteiger partial charge in [-0.25, -0.2) is 0 Å². The Morgan fingerprint density at radius 1 is 1.17 bits per heavy atom. The van der Waals surface area contributed by atoms with Gasteiger partial charge in [-0.1, -0.05) is 24.3 Å². The molecule has 29 heavy (non-hydrogen) atoms. The van der Waals surface area contributed by atoms with Gasteiger partial charge >= 0.3 is 0 Å². The van der Waals surface area contributed by atoms with Crippen LogP contribution in [0.3, 0.4) is 0 Å². The number of amides is 2. The van der Waals surface area contributed by atoms with Gasteiger partial charge in [0.2, 0.25) is 0 Å². The maximum atomic E-state index is 13.0. The van der Waals surface area contributed by atoms with Gasteiger partial charge in [-0.2, -0.15) is 5.26 Å². The van der Waals surface area contributed by atoms with Crippen molar-refractivity contribution in [3.63, 3.8) is 0 Å². The minimum absolute atomic E-state index is 0.0794. The van der Waals surface area contributed by atoms with Crippen molar-refractivity contribution in [2.75, 3.05) is 39.2 Å². The Labute approximate surface area is 171 Å². The summed E-state index contributed by atoms with van der Waals surface area (Å²) in [7, 11) is 5.10. The summed E-state index contributed by atoms with van der Waals surface area (Å²) in [5.74, 6) is 0.392. The number of hydrogen-bond donors (Lipinski definition) is 2. The number of anilines is 1. The van der Waals surface area contributed by atoms with Crippen LogP contribution in [0.1, 0.15) is 22.3 Å². The third kappa shape index (κ3) is 6.06. The van der Waals surface area contributed by atoms with Gasteiger partial charge in [0.1, 0.15) is 12.3 Å². The molecule has 0 saturated heterocycles. The first-order chi connectivity index (χ1) is 14.0. The minimum Gasteiger partial charge on any atom is -0.495 e. The van der Waals surface area contributed by atoms with Crippen molar-refractivity contribution >= 4 is 17.5 Å². The Kier molecular flexibility index (Phi) is 8.19. The zero-order chi connectivity index (χ0) is 21.2. The van der Waals surface area contributed by atoms with Crippen molar-refractivity contribution < 1.29 is 19.2 Å². The monoisotopic (exact) mass is 395 g/mol. The number of ether oxygens (including phenoxy) is 1. The van der Waals surface area contributed by atoms with Crippen LogP contribution in [-0.4, -0.2) is 46.1 Å². The topological polar surface area (TPSA) is 86.9 Å². The van der Waals surface area contributed by atoms with Gasteiger partial charge in [-0.05, 0) is 24.3 Å². The van der Waals surface area contributed by atoms with Crippen LogP contribution in [0.15, 0.2) is 48.5 Å². The van der Waals surface area contributed by atoms with Gasteiger partial charge < -0.3 is 19.9 Å². The second-order valence-electron chi connectivity index (χ2n) is 6.71. The number of nitrogens with zero attached hydrogens (tertiary/aromatic N) is 2. The van der Waals surface area contributed by atoms with E-state index >= 15 is 0 Å². The van der Waals surface area contributed by atoms with Crippen LogP contribution in [0.5, 0.6) is 5.75 Å². The first kappa shape index (κ1) is 21.9. The van der Waals surface area contributed by atoms with Gasteiger partial charge in [-0.15, -0.1) is 0 Å². The first-order valence-corrected chi connectivity index (χ1v) is 9.42. The summed E-state index contributed by atoms with van der Waals surface area (Å²) in [6.07, 6.45) is 0.240. The fraction of sp³-hybridized carbons (Fsp3) is 0.318. The maximum Gasteiger partial charge on any atom is 0.282 e. The lowest BCUT2D eigenvalue weighted by Crippen LogP contribution is -3.09. The number of nitriles is 1. The van der Waals surface area contributed by atoms with E-state index in [0.29, 0.717) is 30.1 Å². The van der Waals surface area contributed by atoms with Gasteiger partial charge in [0.25, 0.3) is 11.8 Å². The smallest absolute Gasteiger partial charge is 0.282 e. The van der Waals surface area contributed by atoms with Crippen LogP contribution in [-0.2, 0) is 11.3 Å². The summed E-state index contributed by atoms with van der Waals surface area (Å²) in [4.78, 5) is 27.2. The molecule has 0 aliphatic carbocycles. The number of hydrogen-bond acceptors (Lipinski definition) is 4. The summed E-state index contributed by atoms with van der Waals surface area (Å²) >= 11 is 0. The molecule has 0 fully saturated rings. The Morgan fingerprint density at radius 2 is 1.86 bits per heavy atom. The number of methoxy groups -OCH3 is 1. The Balaban J connectivity index is 2.08. The SMILES string of the molecule is CNC(=O)c1ccc(C[NH+](C)CC(=O)N(CCC#N)c2ccccc2OC)cc1. The predicted molar refractivity (Wildman–Crippen MR) is 111 cm³/mol. The van der Waals surface area contributed by atoms with Crippen LogP contribution in [0.4, 0.5) is 5.69 Å². The molecule has 0 radical (unpaired) electrons. The van der Waals surface area contributed by atoms with Gasteiger partial charge in [0.15, 0.2) is 6.54 Å². The Hall–Kier alpha value is -3.37. The molecule has 2 N–H and O–H groups in total. The van der Waals surface area contributed by atoms with Crippen LogP contribution < -0.4 is 19.9 Å². The highest BCUT2D eigenvalue weighted by molar-refractivity contribution is 5.95. The van der Waals surface area contributed by atoms with E-state index in [4.69, 9.17) is 10.00 Å². The van der Waals surface area contributed by atoms with Crippen molar-refractivity contribution in [1.82, 2.24) is 5.32 Å². The highest BCUT2D eigenvalue weighted by Crippen LogP contribution is 2.27. The molecule has 2 aromatic rings. The number of quaternary nitrogens is 1. The third-order valence-electron chi connectivity index (χ3n) is 4.53. The van der Waals surface area contributed by atoms with Crippen molar-refractivity contribution in [3.8, 4) is 11.8 Å². The van der Waals surface area contributed by atoms with E-state index in [-0.39, 0.29) is 24.8 Å². The highest BCUT2D eigenvalue weighted by Gasteiger charge is 2.22. The van der Waals surface area contributed by atoms with Crippen molar-refractivity contribution in [1.29, 1.82) is 5.26 Å². The van der Waals surface area contributed by atoms with E-state index in [1.807, 2.05) is 37.4 Å². The number of nitrogens with one attached hydrogen (secondary N) is 2. The van der Waals surface area contributed by atoms with Crippen LogP contribution in [0, 0.1) is 11.3 Å². The molecule has 0 aromatic heterocycles. The standard InChI is InChI=1S/C22H26N4O3/c1-24-22(28)18-11-9-17(10-12-18)15-25(2)16-21(27)26(14-6-13-23)19-7-4-5-8-20(19)29-3/h4-5,7-12H,6,14-16H2,1-3H3,(H,24,28)/p+1. The second-order valence-corrected chi connectivity index (χ2v) is 6.71. The third-order valence-corrected chi connectivity index (χ3v) is 4.53. The number of likely N-dealkylation sites (N-methyl/N-ethyl adjacent to an activating group) is 1. The minimum atomic E-state index is -0.127. The summed E-state index contributed by atoms with van der Waals surface area (Å²) in [6.45, 7) is 1.21. The normalized spacial score (nSPS) is 11.2. The molecule has 0 heterocycles. The molecule has 2 aromatic carbocycles. The number of benzene rings is 2. The molecule has 0 saturated carbocycles. The van der Waals surface area contributed by atoms with E-state index in [1.165, 1.54) is 0 Å². The largest absolute Gasteiger partial charge is 0.495 e. The number of carbonyl (C=O) groups is 2. The lowest BCUT2D eigenvalue weighted by molar-refractivity contribution is -0.885. The fourth-order valence-electron chi connectivity index (χ4n) is 3.08. The molecule has 7 heteroatoms. The average molecular weight is 395 g/mol. The molecule has 0 bridgehead atoms. The molecule has 2 rings (SSSR count). The molecule has 7 nitrogen and oxygen atoms in total. The molecular formula is C22H27N4O3+. The maximum absolute atomic E-state index is 13.0. The lowest BCUT2D eigenvalue weighted by atomic mass is 10.1. The Morgan fingerprint density at radius 3 is 2.48 bits per heavy atom. The van der Waals surface area contributed by atoms with E-state index in [9.17, 15) is 9.59 Å². The van der Waals surface area contributed by atoms with Gasteiger partial charge in [0.05, 0.1) is 32.3 Å². The number of carbonyl (C=O) groups excluding carboxylic acids is 2. The molecule has 2 amide bonds. The Bertz CT molecular complexity index is 874. The van der Waals surface area contributed by atoms with Crippen molar-refractivity contribution in [3.05, 3.63) is 59.7 Å². The van der Waals surface area contributed by atoms with Crippen molar-refractivity contribution in [2.24, 2.45) is 0 Å². The molecule has 1 atom stereocenters. The molecule has 0 aliphatic rings. The molecular weight excluding hydrogens is 368 g/mol. The molecule has 1 unspecified atom stereocenters. The zero-order valence-corrected chi connectivity index (χ0v) is 17.1. The molecule has 0 spiro atoms.